The monoisotopic (exact) mass is 330 g/mol. The van der Waals surface area contributed by atoms with Crippen molar-refractivity contribution in [1.82, 2.24) is 20.4 Å². The highest BCUT2D eigenvalue weighted by atomic mass is 19.1. The highest BCUT2D eigenvalue weighted by Gasteiger charge is 2.39. The van der Waals surface area contributed by atoms with Crippen LogP contribution in [0.1, 0.15) is 29.4 Å². The lowest BCUT2D eigenvalue weighted by molar-refractivity contribution is -0.127. The molecular formula is C17H19FN4O2. The number of aromatic nitrogens is 2. The molecule has 2 aromatic rings. The largest absolute Gasteiger partial charge is 0.350 e. The van der Waals surface area contributed by atoms with E-state index in [1.807, 2.05) is 13.0 Å². The molecule has 3 rings (SSSR count). The smallest absolute Gasteiger partial charge is 0.226 e. The van der Waals surface area contributed by atoms with Gasteiger partial charge in [0.05, 0.1) is 24.2 Å². The first-order valence-corrected chi connectivity index (χ1v) is 7.75. The third-order valence-corrected chi connectivity index (χ3v) is 4.24. The van der Waals surface area contributed by atoms with E-state index in [9.17, 15) is 14.0 Å². The standard InChI is InChI=1S/C17H19FN4O2/c1-10-7-13(21-20-10)8-15(23)19-14-9-16(24)22(2)17(14)11-3-5-12(18)6-4-11/h3-7,14,17H,8-9H2,1-2H3,(H,19,23)(H,20,21)/t14-,17+/m1/s1. The van der Waals surface area contributed by atoms with Crippen LogP contribution in [0.2, 0.25) is 0 Å². The Labute approximate surface area is 139 Å². The fraction of sp³-hybridized carbons (Fsp3) is 0.353. The molecule has 6 nitrogen and oxygen atoms in total. The zero-order chi connectivity index (χ0) is 17.3. The summed E-state index contributed by atoms with van der Waals surface area (Å²) in [6, 6.07) is 7.16. The number of rotatable bonds is 4. The summed E-state index contributed by atoms with van der Waals surface area (Å²) in [6.45, 7) is 1.86. The van der Waals surface area contributed by atoms with E-state index in [0.717, 1.165) is 11.3 Å². The Kier molecular flexibility index (Phi) is 4.33. The number of nitrogens with zero attached hydrogens (tertiary/aromatic N) is 2. The van der Waals surface area contributed by atoms with Gasteiger partial charge in [-0.2, -0.15) is 5.10 Å². The second-order valence-corrected chi connectivity index (χ2v) is 6.10. The number of benzene rings is 1. The van der Waals surface area contributed by atoms with E-state index in [2.05, 4.69) is 15.5 Å². The lowest BCUT2D eigenvalue weighted by Crippen LogP contribution is -2.39. The van der Waals surface area contributed by atoms with Gasteiger partial charge in [-0.25, -0.2) is 4.39 Å². The molecule has 0 saturated carbocycles. The molecule has 24 heavy (non-hydrogen) atoms. The van der Waals surface area contributed by atoms with Gasteiger partial charge in [0.15, 0.2) is 0 Å². The number of likely N-dealkylation sites (tertiary alicyclic amines) is 1. The minimum Gasteiger partial charge on any atom is -0.350 e. The van der Waals surface area contributed by atoms with Crippen LogP contribution in [0.5, 0.6) is 0 Å². The third-order valence-electron chi connectivity index (χ3n) is 4.24. The molecule has 0 bridgehead atoms. The maximum Gasteiger partial charge on any atom is 0.226 e. The molecule has 2 heterocycles. The van der Waals surface area contributed by atoms with Gasteiger partial charge >= 0.3 is 0 Å². The van der Waals surface area contributed by atoms with E-state index in [4.69, 9.17) is 0 Å². The van der Waals surface area contributed by atoms with Gasteiger partial charge in [-0.3, -0.25) is 14.7 Å². The van der Waals surface area contributed by atoms with Crippen molar-refractivity contribution >= 4 is 11.8 Å². The maximum atomic E-state index is 13.1. The zero-order valence-corrected chi connectivity index (χ0v) is 13.5. The number of halogens is 1. The van der Waals surface area contributed by atoms with Crippen molar-refractivity contribution in [3.8, 4) is 0 Å². The average molecular weight is 330 g/mol. The lowest BCUT2D eigenvalue weighted by atomic mass is 10.00. The number of likely N-dealkylation sites (N-methyl/N-ethyl adjacent to an activating group) is 1. The number of amides is 2. The number of H-pyrrole nitrogens is 1. The number of aromatic amines is 1. The Morgan fingerprint density at radius 2 is 2.12 bits per heavy atom. The van der Waals surface area contributed by atoms with Crippen molar-refractivity contribution in [2.45, 2.75) is 31.8 Å². The summed E-state index contributed by atoms with van der Waals surface area (Å²) in [5.41, 5.74) is 2.34. The first-order chi connectivity index (χ1) is 11.4. The van der Waals surface area contributed by atoms with Gasteiger partial charge in [-0.15, -0.1) is 0 Å². The van der Waals surface area contributed by atoms with E-state index in [-0.39, 0.29) is 42.6 Å². The Morgan fingerprint density at radius 1 is 1.42 bits per heavy atom. The van der Waals surface area contributed by atoms with Gasteiger partial charge in [0.2, 0.25) is 11.8 Å². The molecular weight excluding hydrogens is 311 g/mol. The first kappa shape index (κ1) is 16.2. The first-order valence-electron chi connectivity index (χ1n) is 7.75. The molecule has 2 N–H and O–H groups in total. The van der Waals surface area contributed by atoms with Crippen LogP contribution in [0.4, 0.5) is 4.39 Å². The Morgan fingerprint density at radius 3 is 2.75 bits per heavy atom. The van der Waals surface area contributed by atoms with Crippen LogP contribution in [-0.2, 0) is 16.0 Å². The predicted octanol–water partition coefficient (Wildman–Crippen LogP) is 1.49. The average Bonchev–Trinajstić information content (AvgIpc) is 3.04. The predicted molar refractivity (Wildman–Crippen MR) is 85.5 cm³/mol. The Bertz CT molecular complexity index is 756. The number of hydrogen-bond acceptors (Lipinski definition) is 3. The van der Waals surface area contributed by atoms with E-state index < -0.39 is 0 Å². The fourth-order valence-electron chi connectivity index (χ4n) is 3.10. The molecule has 0 radical (unpaired) electrons. The molecule has 126 valence electrons. The molecule has 1 aromatic carbocycles. The van der Waals surface area contributed by atoms with Crippen LogP contribution in [0, 0.1) is 12.7 Å². The second kappa shape index (κ2) is 6.43. The molecule has 2 amide bonds. The summed E-state index contributed by atoms with van der Waals surface area (Å²) in [7, 11) is 1.69. The van der Waals surface area contributed by atoms with Crippen molar-refractivity contribution in [2.24, 2.45) is 0 Å². The number of carbonyl (C=O) groups is 2. The van der Waals surface area contributed by atoms with Gasteiger partial charge in [-0.1, -0.05) is 12.1 Å². The molecule has 1 saturated heterocycles. The fourth-order valence-corrected chi connectivity index (χ4v) is 3.10. The molecule has 1 fully saturated rings. The van der Waals surface area contributed by atoms with Crippen molar-refractivity contribution in [2.75, 3.05) is 7.05 Å². The summed E-state index contributed by atoms with van der Waals surface area (Å²) in [4.78, 5) is 25.9. The summed E-state index contributed by atoms with van der Waals surface area (Å²) >= 11 is 0. The Hall–Kier alpha value is -2.70. The zero-order valence-electron chi connectivity index (χ0n) is 13.5. The highest BCUT2D eigenvalue weighted by molar-refractivity contribution is 5.83. The number of nitrogens with one attached hydrogen (secondary N) is 2. The molecule has 0 aliphatic carbocycles. The van der Waals surface area contributed by atoms with E-state index in [1.165, 1.54) is 12.1 Å². The van der Waals surface area contributed by atoms with Gasteiger partial charge < -0.3 is 10.2 Å². The second-order valence-electron chi connectivity index (χ2n) is 6.10. The molecule has 1 aliphatic rings. The van der Waals surface area contributed by atoms with Gasteiger partial charge in [-0.05, 0) is 30.7 Å². The van der Waals surface area contributed by atoms with Crippen LogP contribution in [0.3, 0.4) is 0 Å². The quantitative estimate of drug-likeness (QED) is 0.891. The normalized spacial score (nSPS) is 20.5. The number of hydrogen-bond donors (Lipinski definition) is 2. The number of carbonyl (C=O) groups excluding carboxylic acids is 2. The summed E-state index contributed by atoms with van der Waals surface area (Å²) in [5, 5.41) is 9.75. The van der Waals surface area contributed by atoms with E-state index in [1.54, 1.807) is 24.1 Å². The van der Waals surface area contributed by atoms with Crippen molar-refractivity contribution < 1.29 is 14.0 Å². The molecule has 7 heteroatoms. The molecule has 1 aliphatic heterocycles. The highest BCUT2D eigenvalue weighted by Crippen LogP contribution is 2.32. The maximum absolute atomic E-state index is 13.1. The van der Waals surface area contributed by atoms with Crippen LogP contribution in [0.15, 0.2) is 30.3 Å². The lowest BCUT2D eigenvalue weighted by Gasteiger charge is -2.26. The third kappa shape index (κ3) is 3.29. The SMILES string of the molecule is Cc1cc(CC(=O)N[C@@H]2CC(=O)N(C)[C@H]2c2ccc(F)cc2)n[nH]1. The molecule has 0 unspecified atom stereocenters. The number of aryl methyl sites for hydroxylation is 1. The molecule has 2 atom stereocenters. The summed E-state index contributed by atoms with van der Waals surface area (Å²) in [5.74, 6) is -0.577. The van der Waals surface area contributed by atoms with Crippen LogP contribution in [0.25, 0.3) is 0 Å². The van der Waals surface area contributed by atoms with Gasteiger partial charge in [0.25, 0.3) is 0 Å². The van der Waals surface area contributed by atoms with Crippen molar-refractivity contribution in [1.29, 1.82) is 0 Å². The summed E-state index contributed by atoms with van der Waals surface area (Å²) < 4.78 is 13.1. The van der Waals surface area contributed by atoms with E-state index in [0.29, 0.717) is 5.69 Å². The topological polar surface area (TPSA) is 78.1 Å². The van der Waals surface area contributed by atoms with Crippen LogP contribution < -0.4 is 5.32 Å². The van der Waals surface area contributed by atoms with Crippen LogP contribution >= 0.6 is 0 Å². The van der Waals surface area contributed by atoms with Gasteiger partial charge in [0, 0.05) is 19.2 Å². The molecule has 1 aromatic heterocycles. The Balaban J connectivity index is 1.73. The minimum absolute atomic E-state index is 0.0507. The van der Waals surface area contributed by atoms with Crippen molar-refractivity contribution in [3.05, 3.63) is 53.1 Å². The van der Waals surface area contributed by atoms with Gasteiger partial charge in [0.1, 0.15) is 5.82 Å². The summed E-state index contributed by atoms with van der Waals surface area (Å²) in [6.07, 6.45) is 0.374. The minimum atomic E-state index is -0.347. The van der Waals surface area contributed by atoms with E-state index >= 15 is 0 Å². The van der Waals surface area contributed by atoms with Crippen LogP contribution in [-0.4, -0.2) is 40.0 Å². The van der Waals surface area contributed by atoms with Crippen molar-refractivity contribution in [3.63, 3.8) is 0 Å². The molecule has 0 spiro atoms.